The molecular weight excluding hydrogens is 140 g/mol. The number of hydrogen-bond donors (Lipinski definition) is 4. The summed E-state index contributed by atoms with van der Waals surface area (Å²) in [4.78, 5) is 0. The van der Waals surface area contributed by atoms with Gasteiger partial charge in [-0.1, -0.05) is 0 Å². The van der Waals surface area contributed by atoms with Crippen LogP contribution in [0.4, 0.5) is 0 Å². The molecular formula is C5H10O5. The van der Waals surface area contributed by atoms with Gasteiger partial charge >= 0.3 is 0 Å². The minimum Gasteiger partial charge on any atom is -0.388 e. The maximum Gasteiger partial charge on any atom is 0.183 e. The van der Waals surface area contributed by atoms with Gasteiger partial charge in [-0.15, -0.1) is 0 Å². The number of aliphatic hydroxyl groups excluding tert-OH is 4. The van der Waals surface area contributed by atoms with Gasteiger partial charge in [0.25, 0.3) is 0 Å². The molecule has 4 atom stereocenters. The third-order valence-electron chi connectivity index (χ3n) is 1.47. The predicted octanol–water partition coefficient (Wildman–Crippen LogP) is -2.58. The van der Waals surface area contributed by atoms with Crippen LogP contribution in [0.3, 0.4) is 0 Å². The molecule has 0 spiro atoms. The maximum atomic E-state index is 8.88. The smallest absolute Gasteiger partial charge is 0.183 e. The van der Waals surface area contributed by atoms with E-state index in [1.165, 1.54) is 0 Å². The number of aliphatic hydroxyl groups is 4. The first-order valence-electron chi connectivity index (χ1n) is 2.97. The van der Waals surface area contributed by atoms with Crippen LogP contribution in [0.1, 0.15) is 0 Å². The summed E-state index contributed by atoms with van der Waals surface area (Å²) in [5, 5.41) is 35.3. The van der Waals surface area contributed by atoms with E-state index >= 15 is 0 Å². The zero-order valence-corrected chi connectivity index (χ0v) is 5.21. The van der Waals surface area contributed by atoms with Gasteiger partial charge in [0.1, 0.15) is 18.3 Å². The zero-order chi connectivity index (χ0) is 7.72. The molecule has 1 rings (SSSR count). The zero-order valence-electron chi connectivity index (χ0n) is 5.21. The molecule has 5 nitrogen and oxygen atoms in total. The molecule has 4 N–H and O–H groups in total. The van der Waals surface area contributed by atoms with Gasteiger partial charge in [-0.3, -0.25) is 0 Å². The molecule has 0 saturated carbocycles. The Morgan fingerprint density at radius 2 is 1.60 bits per heavy atom. The van der Waals surface area contributed by atoms with E-state index in [1.54, 1.807) is 0 Å². The fraction of sp³-hybridized carbons (Fsp3) is 1.00. The van der Waals surface area contributed by atoms with E-state index in [1.807, 2.05) is 0 Å². The van der Waals surface area contributed by atoms with Gasteiger partial charge in [0, 0.05) is 0 Å². The molecule has 0 bridgehead atoms. The molecule has 1 aliphatic heterocycles. The lowest BCUT2D eigenvalue weighted by molar-refractivity contribution is -0.252. The average Bonchev–Trinajstić information content (AvgIpc) is 1.93. The Morgan fingerprint density at radius 3 is 2.10 bits per heavy atom. The van der Waals surface area contributed by atoms with Gasteiger partial charge in [0.15, 0.2) is 6.29 Å². The lowest BCUT2D eigenvalue weighted by atomic mass is 10.1. The first-order valence-corrected chi connectivity index (χ1v) is 2.97. The molecule has 2 unspecified atom stereocenters. The highest BCUT2D eigenvalue weighted by Crippen LogP contribution is 2.12. The van der Waals surface area contributed by atoms with Gasteiger partial charge in [0.2, 0.25) is 0 Å². The summed E-state index contributed by atoms with van der Waals surface area (Å²) in [6.45, 7) is -0.153. The molecule has 10 heavy (non-hydrogen) atoms. The van der Waals surface area contributed by atoms with E-state index in [0.29, 0.717) is 0 Å². The van der Waals surface area contributed by atoms with Crippen molar-refractivity contribution in [2.24, 2.45) is 0 Å². The summed E-state index contributed by atoms with van der Waals surface area (Å²) < 4.78 is 4.47. The lowest BCUT2D eigenvalue weighted by Crippen LogP contribution is -2.52. The molecule has 0 amide bonds. The molecule has 0 aromatic heterocycles. The van der Waals surface area contributed by atoms with E-state index in [2.05, 4.69) is 4.74 Å². The molecule has 0 aromatic rings. The standard InChI is InChI=1S/C5H10O5/c6-2-1-10-5(9)4(8)3(2)7/h2-9H,1H2/t2?,3-,4?,5+/m1/s1. The topological polar surface area (TPSA) is 90.2 Å². The van der Waals surface area contributed by atoms with Crippen LogP contribution >= 0.6 is 0 Å². The Labute approximate surface area is 57.5 Å². The van der Waals surface area contributed by atoms with Crippen molar-refractivity contribution in [3.63, 3.8) is 0 Å². The second kappa shape index (κ2) is 2.81. The molecule has 5 heteroatoms. The third kappa shape index (κ3) is 1.28. The number of hydrogen-bond acceptors (Lipinski definition) is 5. The summed E-state index contributed by atoms with van der Waals surface area (Å²) in [6, 6.07) is 0. The SMILES string of the molecule is OC1CO[C@H](O)C(O)[C@@H]1O. The van der Waals surface area contributed by atoms with E-state index in [4.69, 9.17) is 20.4 Å². The predicted molar refractivity (Wildman–Crippen MR) is 30.0 cm³/mol. The minimum atomic E-state index is -1.41. The highest BCUT2D eigenvalue weighted by molar-refractivity contribution is 4.81. The summed E-state index contributed by atoms with van der Waals surface area (Å²) in [5.41, 5.74) is 0. The van der Waals surface area contributed by atoms with E-state index in [-0.39, 0.29) is 6.61 Å². The third-order valence-corrected chi connectivity index (χ3v) is 1.47. The largest absolute Gasteiger partial charge is 0.388 e. The van der Waals surface area contributed by atoms with Crippen molar-refractivity contribution in [1.29, 1.82) is 0 Å². The molecule has 1 heterocycles. The van der Waals surface area contributed by atoms with Gasteiger partial charge < -0.3 is 25.2 Å². The van der Waals surface area contributed by atoms with Gasteiger partial charge in [-0.25, -0.2) is 0 Å². The molecule has 1 fully saturated rings. The van der Waals surface area contributed by atoms with Crippen molar-refractivity contribution in [1.82, 2.24) is 0 Å². The molecule has 0 aromatic carbocycles. The van der Waals surface area contributed by atoms with Crippen LogP contribution in [-0.2, 0) is 4.74 Å². The monoisotopic (exact) mass is 150 g/mol. The molecule has 0 aliphatic carbocycles. The number of rotatable bonds is 0. The van der Waals surface area contributed by atoms with Crippen molar-refractivity contribution in [2.45, 2.75) is 24.6 Å². The summed E-state index contributed by atoms with van der Waals surface area (Å²) in [6.07, 6.45) is -5.23. The summed E-state index contributed by atoms with van der Waals surface area (Å²) in [5.74, 6) is 0. The minimum absolute atomic E-state index is 0.153. The van der Waals surface area contributed by atoms with Crippen molar-refractivity contribution in [3.05, 3.63) is 0 Å². The van der Waals surface area contributed by atoms with Crippen molar-refractivity contribution >= 4 is 0 Å². The molecule has 1 saturated heterocycles. The van der Waals surface area contributed by atoms with E-state index < -0.39 is 24.6 Å². The molecule has 0 radical (unpaired) electrons. The summed E-state index contributed by atoms with van der Waals surface area (Å²) in [7, 11) is 0. The Hall–Kier alpha value is -0.200. The first kappa shape index (κ1) is 7.90. The Bertz CT molecular complexity index is 103. The van der Waals surface area contributed by atoms with E-state index in [9.17, 15) is 0 Å². The Kier molecular flexibility index (Phi) is 2.22. The van der Waals surface area contributed by atoms with Gasteiger partial charge in [-0.2, -0.15) is 0 Å². The Morgan fingerprint density at radius 1 is 1.00 bits per heavy atom. The van der Waals surface area contributed by atoms with Crippen molar-refractivity contribution < 1.29 is 25.2 Å². The molecule has 60 valence electrons. The quantitative estimate of drug-likeness (QED) is 0.304. The van der Waals surface area contributed by atoms with Crippen LogP contribution in [0.15, 0.2) is 0 Å². The van der Waals surface area contributed by atoms with Crippen LogP contribution in [0.2, 0.25) is 0 Å². The van der Waals surface area contributed by atoms with Crippen molar-refractivity contribution in [2.75, 3.05) is 6.61 Å². The van der Waals surface area contributed by atoms with Crippen molar-refractivity contribution in [3.8, 4) is 0 Å². The second-order valence-electron chi connectivity index (χ2n) is 2.27. The normalized spacial score (nSPS) is 49.2. The van der Waals surface area contributed by atoms with Crippen LogP contribution in [0.5, 0.6) is 0 Å². The lowest BCUT2D eigenvalue weighted by Gasteiger charge is -2.31. The van der Waals surface area contributed by atoms with Crippen LogP contribution in [0, 0.1) is 0 Å². The fourth-order valence-corrected chi connectivity index (χ4v) is 0.791. The average molecular weight is 150 g/mol. The first-order chi connectivity index (χ1) is 4.63. The van der Waals surface area contributed by atoms with Crippen LogP contribution < -0.4 is 0 Å². The van der Waals surface area contributed by atoms with Crippen LogP contribution in [-0.4, -0.2) is 51.6 Å². The highest BCUT2D eigenvalue weighted by atomic mass is 16.6. The number of ether oxygens (including phenoxy) is 1. The van der Waals surface area contributed by atoms with Crippen LogP contribution in [0.25, 0.3) is 0 Å². The van der Waals surface area contributed by atoms with E-state index in [0.717, 1.165) is 0 Å². The second-order valence-corrected chi connectivity index (χ2v) is 2.27. The fourth-order valence-electron chi connectivity index (χ4n) is 0.791. The van der Waals surface area contributed by atoms with Gasteiger partial charge in [-0.05, 0) is 0 Å². The maximum absolute atomic E-state index is 8.88. The molecule has 1 aliphatic rings. The highest BCUT2D eigenvalue weighted by Gasteiger charge is 2.36. The van der Waals surface area contributed by atoms with Gasteiger partial charge in [0.05, 0.1) is 6.61 Å². The Balaban J connectivity index is 2.52. The summed E-state index contributed by atoms with van der Waals surface area (Å²) >= 11 is 0.